The molecule has 0 bridgehead atoms. The summed E-state index contributed by atoms with van der Waals surface area (Å²) in [6, 6.07) is 17.8. The molecule has 5 aromatic rings. The van der Waals surface area contributed by atoms with E-state index in [0.29, 0.717) is 28.0 Å². The van der Waals surface area contributed by atoms with Crippen molar-refractivity contribution in [3.8, 4) is 5.75 Å². The van der Waals surface area contributed by atoms with Gasteiger partial charge in [0.1, 0.15) is 17.4 Å². The predicted molar refractivity (Wildman–Crippen MR) is 210 cm³/mol. The van der Waals surface area contributed by atoms with Crippen molar-refractivity contribution in [2.75, 3.05) is 18.0 Å². The van der Waals surface area contributed by atoms with E-state index >= 15 is 0 Å². The van der Waals surface area contributed by atoms with Crippen LogP contribution in [0.3, 0.4) is 0 Å². The van der Waals surface area contributed by atoms with Crippen LogP contribution in [0.5, 0.6) is 5.75 Å². The van der Waals surface area contributed by atoms with Gasteiger partial charge < -0.3 is 24.8 Å². The van der Waals surface area contributed by atoms with Gasteiger partial charge in [-0.1, -0.05) is 52.0 Å². The molecule has 6 rings (SSSR count). The lowest BCUT2D eigenvalue weighted by molar-refractivity contribution is -0.271. The first kappa shape index (κ1) is 44.8. The first-order valence-corrected chi connectivity index (χ1v) is 18.6. The maximum absolute atomic E-state index is 14.1. The number of rotatable bonds is 10. The van der Waals surface area contributed by atoms with E-state index in [4.69, 9.17) is 0 Å². The van der Waals surface area contributed by atoms with E-state index in [1.807, 2.05) is 0 Å². The van der Waals surface area contributed by atoms with Gasteiger partial charge in [0.05, 0.1) is 30.0 Å². The third kappa shape index (κ3) is 9.79. The van der Waals surface area contributed by atoms with Crippen molar-refractivity contribution in [1.82, 2.24) is 9.55 Å². The number of aromatic nitrogens is 2. The standard InChI is InChI=1S/C23H23F4NO2.C21H22F4N2O2/c1-15-8-9-16(24)12-18(15)21(2,3)13-22(30,23(25,26)27)14-28-11-10-20(29)17-6-4-5-7-19(17)28;1-19(2,15-11-14(22)7-8-18(15)28)12-20(29,21(23,24)25)13-27-10-4-5-16-17(27)6-3-9-26-16/h4-12,30H,13-14H2,1-3H3;3-9,11,28-29H,10,12-13H2,1-2H3. The Morgan fingerprint density at radius 2 is 1.31 bits per heavy atom. The molecule has 0 radical (unpaired) electrons. The van der Waals surface area contributed by atoms with Gasteiger partial charge in [-0.05, 0) is 102 Å². The average Bonchev–Trinajstić information content (AvgIpc) is 3.14. The number of aryl methyl sites for hydroxylation is 1. The van der Waals surface area contributed by atoms with E-state index in [2.05, 4.69) is 4.98 Å². The number of hydrogen-bond acceptors (Lipinski definition) is 6. The molecule has 2 unspecified atom stereocenters. The lowest BCUT2D eigenvalue weighted by Gasteiger charge is -2.42. The van der Waals surface area contributed by atoms with Crippen LogP contribution in [0.15, 0.2) is 102 Å². The van der Waals surface area contributed by atoms with Gasteiger partial charge in [-0.25, -0.2) is 8.78 Å². The van der Waals surface area contributed by atoms with Crippen molar-refractivity contribution < 1.29 is 50.4 Å². The fraction of sp³-hybridized carbons (Fsp3) is 0.364. The van der Waals surface area contributed by atoms with E-state index < -0.39 is 72.0 Å². The van der Waals surface area contributed by atoms with E-state index in [0.717, 1.165) is 18.2 Å². The molecule has 0 saturated carbocycles. The number of fused-ring (bicyclic) bond motifs is 2. The minimum absolute atomic E-state index is 0.000724. The number of aromatic hydroxyl groups is 1. The Labute approximate surface area is 335 Å². The van der Waals surface area contributed by atoms with E-state index in [1.165, 1.54) is 65.9 Å². The number of benzene rings is 3. The van der Waals surface area contributed by atoms with Crippen molar-refractivity contribution in [1.29, 1.82) is 0 Å². The molecule has 2 atom stereocenters. The van der Waals surface area contributed by atoms with Gasteiger partial charge in [0.15, 0.2) is 16.6 Å². The Kier molecular flexibility index (Phi) is 12.5. The lowest BCUT2D eigenvalue weighted by atomic mass is 9.73. The number of phenolic OH excluding ortho intramolecular Hbond substituents is 1. The molecule has 59 heavy (non-hydrogen) atoms. The van der Waals surface area contributed by atoms with Crippen LogP contribution >= 0.6 is 0 Å². The van der Waals surface area contributed by atoms with Crippen molar-refractivity contribution >= 4 is 22.7 Å². The number of alkyl halides is 6. The Balaban J connectivity index is 0.000000224. The first-order valence-electron chi connectivity index (χ1n) is 18.6. The number of halogens is 8. The van der Waals surface area contributed by atoms with Gasteiger partial charge in [-0.2, -0.15) is 26.3 Å². The van der Waals surface area contributed by atoms with Crippen molar-refractivity contribution in [3.63, 3.8) is 0 Å². The number of β-amino-alcohol motifs (C(OH)–C–C–N with tert-alkyl or cyclic N) is 1. The fourth-order valence-corrected chi connectivity index (χ4v) is 7.86. The summed E-state index contributed by atoms with van der Waals surface area (Å²) in [5, 5.41) is 32.0. The fourth-order valence-electron chi connectivity index (χ4n) is 7.86. The van der Waals surface area contributed by atoms with Crippen LogP contribution in [0.1, 0.15) is 62.9 Å². The second-order valence-electron chi connectivity index (χ2n) is 16.3. The maximum atomic E-state index is 14.1. The Morgan fingerprint density at radius 1 is 0.729 bits per heavy atom. The lowest BCUT2D eigenvalue weighted by Crippen LogP contribution is -2.56. The quantitative estimate of drug-likeness (QED) is 0.121. The van der Waals surface area contributed by atoms with Crippen LogP contribution in [-0.4, -0.2) is 61.5 Å². The molecule has 7 nitrogen and oxygen atoms in total. The van der Waals surface area contributed by atoms with Crippen LogP contribution in [0.2, 0.25) is 0 Å². The second-order valence-corrected chi connectivity index (χ2v) is 16.3. The maximum Gasteiger partial charge on any atom is 0.418 e. The van der Waals surface area contributed by atoms with E-state index in [9.17, 15) is 55.2 Å². The molecule has 0 fully saturated rings. The number of hydrogen-bond donors (Lipinski definition) is 3. The highest BCUT2D eigenvalue weighted by atomic mass is 19.4. The Hall–Kier alpha value is -5.28. The molecule has 0 aliphatic carbocycles. The molecule has 1 aliphatic rings. The van der Waals surface area contributed by atoms with Crippen molar-refractivity contribution in [2.24, 2.45) is 0 Å². The van der Waals surface area contributed by atoms with Gasteiger partial charge in [0, 0.05) is 36.0 Å². The summed E-state index contributed by atoms with van der Waals surface area (Å²) in [4.78, 5) is 17.6. The number of nitrogens with zero attached hydrogens (tertiary/aromatic N) is 3. The third-order valence-electron chi connectivity index (χ3n) is 10.7. The largest absolute Gasteiger partial charge is 0.508 e. The molecule has 0 saturated heterocycles. The van der Waals surface area contributed by atoms with Crippen LogP contribution in [-0.2, 0) is 17.4 Å². The normalized spacial score (nSPS) is 15.5. The number of pyridine rings is 2. The zero-order valence-corrected chi connectivity index (χ0v) is 33.0. The summed E-state index contributed by atoms with van der Waals surface area (Å²) in [5.74, 6) is -1.55. The molecule has 3 heterocycles. The first-order chi connectivity index (χ1) is 27.3. The third-order valence-corrected chi connectivity index (χ3v) is 10.7. The van der Waals surface area contributed by atoms with Gasteiger partial charge in [-0.3, -0.25) is 9.78 Å². The van der Waals surface area contributed by atoms with Crippen molar-refractivity contribution in [3.05, 3.63) is 142 Å². The SMILES string of the molecule is CC(C)(CC(O)(CN1CC=Cc2ncccc21)C(F)(F)F)c1cc(F)ccc1O.Cc1ccc(F)cc1C(C)(C)CC(O)(Cn1ccc(=O)c2ccccc21)C(F)(F)F. The summed E-state index contributed by atoms with van der Waals surface area (Å²) < 4.78 is 113. The molecule has 0 amide bonds. The average molecular weight is 832 g/mol. The monoisotopic (exact) mass is 831 g/mol. The molecule has 0 spiro atoms. The minimum Gasteiger partial charge on any atom is -0.508 e. The summed E-state index contributed by atoms with van der Waals surface area (Å²) in [6.07, 6.45) is -5.17. The predicted octanol–water partition coefficient (Wildman–Crippen LogP) is 9.53. The topological polar surface area (TPSA) is 98.8 Å². The molecule has 2 aromatic heterocycles. The number of aliphatic hydroxyl groups is 2. The smallest absolute Gasteiger partial charge is 0.418 e. The minimum atomic E-state index is -4.95. The summed E-state index contributed by atoms with van der Waals surface area (Å²) in [7, 11) is 0. The zero-order valence-electron chi connectivity index (χ0n) is 33.0. The Bertz CT molecular complexity index is 2390. The van der Waals surface area contributed by atoms with E-state index in [1.54, 1.807) is 63.4 Å². The zero-order chi connectivity index (χ0) is 43.8. The molecule has 15 heteroatoms. The van der Waals surface area contributed by atoms with Gasteiger partial charge in [-0.15, -0.1) is 0 Å². The number of para-hydroxylation sites is 1. The number of anilines is 1. The van der Waals surface area contributed by atoms with Crippen LogP contribution in [0.25, 0.3) is 17.0 Å². The Morgan fingerprint density at radius 3 is 1.95 bits per heavy atom. The molecule has 316 valence electrons. The highest BCUT2D eigenvalue weighted by Crippen LogP contribution is 2.46. The highest BCUT2D eigenvalue weighted by Gasteiger charge is 2.58. The van der Waals surface area contributed by atoms with Crippen molar-refractivity contribution in [2.45, 2.75) is 88.4 Å². The molecular formula is C44H45F8N3O4. The summed E-state index contributed by atoms with van der Waals surface area (Å²) in [5.41, 5.74) is -6.71. The number of phenols is 1. The second kappa shape index (κ2) is 16.4. The van der Waals surface area contributed by atoms with Crippen LogP contribution < -0.4 is 10.3 Å². The van der Waals surface area contributed by atoms with Gasteiger partial charge in [0.25, 0.3) is 0 Å². The molecule has 3 N–H and O–H groups in total. The van der Waals surface area contributed by atoms with Crippen LogP contribution in [0.4, 0.5) is 40.8 Å². The molecular weight excluding hydrogens is 786 g/mol. The highest BCUT2D eigenvalue weighted by molar-refractivity contribution is 5.78. The van der Waals surface area contributed by atoms with Gasteiger partial charge >= 0.3 is 12.4 Å². The summed E-state index contributed by atoms with van der Waals surface area (Å²) >= 11 is 0. The van der Waals surface area contributed by atoms with Crippen LogP contribution in [0, 0.1) is 18.6 Å². The van der Waals surface area contributed by atoms with E-state index in [-0.39, 0.29) is 28.7 Å². The van der Waals surface area contributed by atoms with Gasteiger partial charge in [0.2, 0.25) is 0 Å². The molecule has 3 aromatic carbocycles. The summed E-state index contributed by atoms with van der Waals surface area (Å²) in [6.45, 7) is 6.33. The molecule has 1 aliphatic heterocycles.